The van der Waals surface area contributed by atoms with E-state index >= 15 is 0 Å². The van der Waals surface area contributed by atoms with Gasteiger partial charge in [-0.25, -0.2) is 9.38 Å². The first-order valence-electron chi connectivity index (χ1n) is 6.67. The van der Waals surface area contributed by atoms with Crippen LogP contribution >= 0.6 is 0 Å². The fourth-order valence-electron chi connectivity index (χ4n) is 1.76. The monoisotopic (exact) mass is 280 g/mol. The van der Waals surface area contributed by atoms with Crippen LogP contribution in [-0.2, 0) is 13.1 Å². The molecule has 1 rings (SSSR count). The molecule has 0 aliphatic heterocycles. The summed E-state index contributed by atoms with van der Waals surface area (Å²) in [6, 6.07) is 5.20. The second-order valence-electron chi connectivity index (χ2n) is 6.24. The van der Waals surface area contributed by atoms with Crippen molar-refractivity contribution in [3.05, 3.63) is 35.1 Å². The maximum Gasteiger partial charge on any atom is 0.189 e. The van der Waals surface area contributed by atoms with Crippen molar-refractivity contribution in [1.82, 2.24) is 10.2 Å². The average Bonchev–Trinajstić information content (AvgIpc) is 2.27. The Morgan fingerprint density at radius 3 is 2.50 bits per heavy atom. The molecule has 0 atom stereocenters. The van der Waals surface area contributed by atoms with E-state index in [0.29, 0.717) is 24.6 Å². The van der Waals surface area contributed by atoms with Crippen molar-refractivity contribution in [2.75, 3.05) is 14.1 Å². The molecule has 0 saturated carbocycles. The molecule has 0 heterocycles. The number of halogens is 1. The molecule has 0 saturated heterocycles. The molecule has 3 N–H and O–H groups in total. The Morgan fingerprint density at radius 2 is 2.00 bits per heavy atom. The van der Waals surface area contributed by atoms with Gasteiger partial charge in [0.2, 0.25) is 0 Å². The van der Waals surface area contributed by atoms with E-state index < -0.39 is 0 Å². The SMILES string of the molecule is CN(C)Cc1ccc(CN=C(N)NC(C)(C)C)cc1F. The summed E-state index contributed by atoms with van der Waals surface area (Å²) in [5.41, 5.74) is 7.14. The third-order valence-electron chi connectivity index (χ3n) is 2.54. The van der Waals surface area contributed by atoms with Crippen LogP contribution < -0.4 is 11.1 Å². The Hall–Kier alpha value is -1.62. The molecule has 0 spiro atoms. The van der Waals surface area contributed by atoms with E-state index in [9.17, 15) is 4.39 Å². The van der Waals surface area contributed by atoms with Gasteiger partial charge in [0.1, 0.15) is 5.82 Å². The van der Waals surface area contributed by atoms with E-state index in [4.69, 9.17) is 5.73 Å². The third-order valence-corrected chi connectivity index (χ3v) is 2.54. The Labute approximate surface area is 120 Å². The van der Waals surface area contributed by atoms with Crippen LogP contribution in [0.4, 0.5) is 4.39 Å². The molecule has 112 valence electrons. The van der Waals surface area contributed by atoms with Gasteiger partial charge in [-0.15, -0.1) is 0 Å². The molecule has 0 aliphatic rings. The topological polar surface area (TPSA) is 53.6 Å². The molecule has 1 aromatic carbocycles. The summed E-state index contributed by atoms with van der Waals surface area (Å²) >= 11 is 0. The van der Waals surface area contributed by atoms with Gasteiger partial charge in [0.05, 0.1) is 6.54 Å². The lowest BCUT2D eigenvalue weighted by Crippen LogP contribution is -2.44. The molecule has 0 aliphatic carbocycles. The third kappa shape index (κ3) is 6.02. The van der Waals surface area contributed by atoms with Crippen LogP contribution in [0.3, 0.4) is 0 Å². The Morgan fingerprint density at radius 1 is 1.35 bits per heavy atom. The highest BCUT2D eigenvalue weighted by molar-refractivity contribution is 5.78. The second kappa shape index (κ2) is 6.70. The standard InChI is InChI=1S/C15H25FN4/c1-15(2,3)19-14(17)18-9-11-6-7-12(10-20(4)5)13(16)8-11/h6-8H,9-10H2,1-5H3,(H3,17,18,19). The van der Waals surface area contributed by atoms with E-state index in [1.54, 1.807) is 6.07 Å². The summed E-state index contributed by atoms with van der Waals surface area (Å²) in [6.07, 6.45) is 0. The van der Waals surface area contributed by atoms with E-state index in [1.165, 1.54) is 6.07 Å². The van der Waals surface area contributed by atoms with Gasteiger partial charge in [-0.05, 0) is 46.5 Å². The van der Waals surface area contributed by atoms with Crippen molar-refractivity contribution in [2.24, 2.45) is 10.7 Å². The highest BCUT2D eigenvalue weighted by atomic mass is 19.1. The molecule has 1 aromatic rings. The molecule has 0 radical (unpaired) electrons. The van der Waals surface area contributed by atoms with E-state index in [-0.39, 0.29) is 11.4 Å². The van der Waals surface area contributed by atoms with Gasteiger partial charge in [-0.1, -0.05) is 12.1 Å². The predicted octanol–water partition coefficient (Wildman–Crippen LogP) is 2.09. The molecule has 0 unspecified atom stereocenters. The number of nitrogens with two attached hydrogens (primary N) is 1. The van der Waals surface area contributed by atoms with Crippen molar-refractivity contribution >= 4 is 5.96 Å². The molecule has 5 heteroatoms. The first-order valence-corrected chi connectivity index (χ1v) is 6.67. The van der Waals surface area contributed by atoms with Crippen LogP contribution in [0.5, 0.6) is 0 Å². The minimum atomic E-state index is -0.200. The summed E-state index contributed by atoms with van der Waals surface area (Å²) in [5.74, 6) is 0.170. The Kier molecular flexibility index (Phi) is 5.51. The van der Waals surface area contributed by atoms with Gasteiger partial charge in [0.15, 0.2) is 5.96 Å². The number of hydrogen-bond acceptors (Lipinski definition) is 2. The summed E-state index contributed by atoms with van der Waals surface area (Å²) < 4.78 is 13.9. The highest BCUT2D eigenvalue weighted by Gasteiger charge is 2.10. The van der Waals surface area contributed by atoms with Crippen LogP contribution in [0.25, 0.3) is 0 Å². The first-order chi connectivity index (χ1) is 9.17. The maximum atomic E-state index is 13.9. The van der Waals surface area contributed by atoms with Crippen LogP contribution in [0.1, 0.15) is 31.9 Å². The summed E-state index contributed by atoms with van der Waals surface area (Å²) in [6.45, 7) is 6.97. The number of nitrogens with one attached hydrogen (secondary N) is 1. The van der Waals surface area contributed by atoms with Crippen LogP contribution in [0, 0.1) is 5.82 Å². The van der Waals surface area contributed by atoms with E-state index in [0.717, 1.165) is 5.56 Å². The lowest BCUT2D eigenvalue weighted by molar-refractivity contribution is 0.392. The Bertz CT molecular complexity index is 475. The van der Waals surface area contributed by atoms with Crippen LogP contribution in [0.2, 0.25) is 0 Å². The van der Waals surface area contributed by atoms with Gasteiger partial charge < -0.3 is 16.0 Å². The molecule has 4 nitrogen and oxygen atoms in total. The Balaban J connectivity index is 2.70. The van der Waals surface area contributed by atoms with Crippen molar-refractivity contribution < 1.29 is 4.39 Å². The molecule has 0 aromatic heterocycles. The number of aliphatic imine (C=N–C) groups is 1. The number of guanidine groups is 1. The normalized spacial score (nSPS) is 12.8. The lowest BCUT2D eigenvalue weighted by atomic mass is 10.1. The van der Waals surface area contributed by atoms with Gasteiger partial charge in [-0.3, -0.25) is 0 Å². The van der Waals surface area contributed by atoms with Gasteiger partial charge in [0.25, 0.3) is 0 Å². The van der Waals surface area contributed by atoms with Gasteiger partial charge in [0, 0.05) is 17.6 Å². The van der Waals surface area contributed by atoms with Crippen LogP contribution in [0.15, 0.2) is 23.2 Å². The lowest BCUT2D eigenvalue weighted by Gasteiger charge is -2.21. The van der Waals surface area contributed by atoms with Crippen molar-refractivity contribution in [3.63, 3.8) is 0 Å². The first kappa shape index (κ1) is 16.4. The highest BCUT2D eigenvalue weighted by Crippen LogP contribution is 2.12. The minimum Gasteiger partial charge on any atom is -0.370 e. The fraction of sp³-hybridized carbons (Fsp3) is 0.533. The van der Waals surface area contributed by atoms with Crippen molar-refractivity contribution in [2.45, 2.75) is 39.4 Å². The largest absolute Gasteiger partial charge is 0.370 e. The zero-order chi connectivity index (χ0) is 15.3. The minimum absolute atomic E-state index is 0.131. The predicted molar refractivity (Wildman–Crippen MR) is 82.0 cm³/mol. The number of rotatable bonds is 4. The average molecular weight is 280 g/mol. The molecule has 0 bridgehead atoms. The second-order valence-corrected chi connectivity index (χ2v) is 6.24. The summed E-state index contributed by atoms with van der Waals surface area (Å²) in [4.78, 5) is 6.15. The summed E-state index contributed by atoms with van der Waals surface area (Å²) in [7, 11) is 3.83. The fourth-order valence-corrected chi connectivity index (χ4v) is 1.76. The number of nitrogens with zero attached hydrogens (tertiary/aromatic N) is 2. The van der Waals surface area contributed by atoms with E-state index in [1.807, 2.05) is 45.8 Å². The molecule has 0 amide bonds. The van der Waals surface area contributed by atoms with Gasteiger partial charge >= 0.3 is 0 Å². The zero-order valence-corrected chi connectivity index (χ0v) is 13.0. The van der Waals surface area contributed by atoms with E-state index in [2.05, 4.69) is 10.3 Å². The number of hydrogen-bond donors (Lipinski definition) is 2. The van der Waals surface area contributed by atoms with Crippen molar-refractivity contribution in [1.29, 1.82) is 0 Å². The molecule has 20 heavy (non-hydrogen) atoms. The van der Waals surface area contributed by atoms with Gasteiger partial charge in [-0.2, -0.15) is 0 Å². The zero-order valence-electron chi connectivity index (χ0n) is 13.0. The van der Waals surface area contributed by atoms with Crippen molar-refractivity contribution in [3.8, 4) is 0 Å². The van der Waals surface area contributed by atoms with Crippen LogP contribution in [-0.4, -0.2) is 30.5 Å². The maximum absolute atomic E-state index is 13.9. The quantitative estimate of drug-likeness (QED) is 0.656. The molecular weight excluding hydrogens is 255 g/mol. The molecular formula is C15H25FN4. The smallest absolute Gasteiger partial charge is 0.189 e. The molecule has 0 fully saturated rings. The number of benzene rings is 1. The summed E-state index contributed by atoms with van der Waals surface area (Å²) in [5, 5.41) is 3.07.